The summed E-state index contributed by atoms with van der Waals surface area (Å²) in [4.78, 5) is 60.3. The maximum atomic E-state index is 13.9. The summed E-state index contributed by atoms with van der Waals surface area (Å²) in [5.41, 5.74) is 5.35. The van der Waals surface area contributed by atoms with Crippen LogP contribution in [0, 0.1) is 0 Å². The number of nitrogens with zero attached hydrogens (tertiary/aromatic N) is 2. The second-order valence-electron chi connectivity index (χ2n) is 13.7. The lowest BCUT2D eigenvalue weighted by atomic mass is 10.0. The maximum Gasteiger partial charge on any atom is 0.341 e. The van der Waals surface area contributed by atoms with Crippen LogP contribution < -0.4 is 20.9 Å². The number of benzene rings is 4. The van der Waals surface area contributed by atoms with Crippen LogP contribution in [0.2, 0.25) is 0 Å². The van der Waals surface area contributed by atoms with E-state index in [1.54, 1.807) is 49.4 Å². The van der Waals surface area contributed by atoms with Crippen LogP contribution in [-0.4, -0.2) is 61.1 Å². The standard InChI is InChI=1S/C45H47N5O5S2/c1-5-38(43(53)48-44-40(45(54)55-6-2)36-24-25-50(29-39(36)57-44)28-31-14-9-7-10-15-31)56-35-19-13-18-33(27-35)46-42(52)37(47-41(51)32-16-11-8-12-17-32)26-30-20-22-34(23-21-30)49(3)4/h7-23,26-27,38H,5-6,24-25,28-29H2,1-4H3,(H,46,52)(H,47,51)(H,48,53)/b37-26+. The summed E-state index contributed by atoms with van der Waals surface area (Å²) in [6.45, 7) is 6.22. The third kappa shape index (κ3) is 10.8. The van der Waals surface area contributed by atoms with Crippen molar-refractivity contribution >= 4 is 69.2 Å². The molecule has 0 fully saturated rings. The monoisotopic (exact) mass is 801 g/mol. The fourth-order valence-electron chi connectivity index (χ4n) is 6.44. The van der Waals surface area contributed by atoms with Crippen LogP contribution in [0.3, 0.4) is 0 Å². The van der Waals surface area contributed by atoms with E-state index in [1.807, 2.05) is 86.6 Å². The van der Waals surface area contributed by atoms with E-state index in [4.69, 9.17) is 4.74 Å². The number of carbonyl (C=O) groups excluding carboxylic acids is 4. The summed E-state index contributed by atoms with van der Waals surface area (Å²) in [7, 11) is 3.90. The van der Waals surface area contributed by atoms with E-state index in [-0.39, 0.29) is 18.2 Å². The Morgan fingerprint density at radius 2 is 1.61 bits per heavy atom. The van der Waals surface area contributed by atoms with Crippen LogP contribution in [0.4, 0.5) is 16.4 Å². The smallest absolute Gasteiger partial charge is 0.341 e. The van der Waals surface area contributed by atoms with E-state index in [0.717, 1.165) is 39.7 Å². The van der Waals surface area contributed by atoms with Crippen molar-refractivity contribution in [2.24, 2.45) is 0 Å². The first kappa shape index (κ1) is 41.0. The number of ether oxygens (including phenoxy) is 1. The van der Waals surface area contributed by atoms with E-state index in [1.165, 1.54) is 28.7 Å². The average molecular weight is 802 g/mol. The number of nitrogens with one attached hydrogen (secondary N) is 3. The molecule has 12 heteroatoms. The van der Waals surface area contributed by atoms with E-state index in [2.05, 4.69) is 33.0 Å². The van der Waals surface area contributed by atoms with Crippen LogP contribution in [0.15, 0.2) is 120 Å². The molecule has 4 aromatic carbocycles. The Balaban J connectivity index is 1.17. The first-order valence-corrected chi connectivity index (χ1v) is 20.6. The molecule has 1 atom stereocenters. The number of fused-ring (bicyclic) bond motifs is 1. The molecule has 0 aliphatic carbocycles. The van der Waals surface area contributed by atoms with E-state index < -0.39 is 23.0 Å². The Kier molecular flexibility index (Phi) is 14.0. The van der Waals surface area contributed by atoms with Gasteiger partial charge in [0.05, 0.1) is 17.4 Å². The summed E-state index contributed by atoms with van der Waals surface area (Å²) >= 11 is 2.81. The third-order valence-electron chi connectivity index (χ3n) is 9.38. The molecule has 5 aromatic rings. The Morgan fingerprint density at radius 1 is 0.895 bits per heavy atom. The minimum absolute atomic E-state index is 0.0737. The zero-order chi connectivity index (χ0) is 40.3. The van der Waals surface area contributed by atoms with Gasteiger partial charge < -0.3 is 25.6 Å². The molecule has 1 aliphatic rings. The molecule has 3 amide bonds. The Bertz CT molecular complexity index is 2220. The van der Waals surface area contributed by atoms with Crippen LogP contribution in [0.1, 0.15) is 62.6 Å². The fraction of sp³-hybridized carbons (Fsp3) is 0.244. The van der Waals surface area contributed by atoms with Crippen LogP contribution in [0.5, 0.6) is 0 Å². The van der Waals surface area contributed by atoms with Crippen LogP contribution in [-0.2, 0) is 33.8 Å². The molecule has 1 unspecified atom stereocenters. The molecule has 0 saturated carbocycles. The number of esters is 1. The quantitative estimate of drug-likeness (QED) is 0.0548. The number of hydrogen-bond acceptors (Lipinski definition) is 9. The van der Waals surface area contributed by atoms with Gasteiger partial charge in [-0.2, -0.15) is 0 Å². The van der Waals surface area contributed by atoms with Gasteiger partial charge in [0.1, 0.15) is 10.7 Å². The van der Waals surface area contributed by atoms with Crippen molar-refractivity contribution in [1.82, 2.24) is 10.2 Å². The van der Waals surface area contributed by atoms with Gasteiger partial charge >= 0.3 is 5.97 Å². The van der Waals surface area contributed by atoms with E-state index in [0.29, 0.717) is 41.2 Å². The molecule has 6 rings (SSSR count). The van der Waals surface area contributed by atoms with Crippen molar-refractivity contribution in [3.8, 4) is 0 Å². The van der Waals surface area contributed by atoms with Gasteiger partial charge in [-0.05, 0) is 85.0 Å². The highest BCUT2D eigenvalue weighted by Crippen LogP contribution is 2.39. The SMILES string of the molecule is CCOC(=O)c1c(NC(=O)C(CC)Sc2cccc(NC(=O)/C(=C\c3ccc(N(C)C)cc3)NC(=O)c3ccccc3)c2)sc2c1CCN(Cc1ccccc1)C2. The van der Waals surface area contributed by atoms with Gasteiger partial charge in [-0.3, -0.25) is 19.3 Å². The van der Waals surface area contributed by atoms with Gasteiger partial charge in [-0.1, -0.05) is 73.7 Å². The zero-order valence-electron chi connectivity index (χ0n) is 32.5. The largest absolute Gasteiger partial charge is 0.462 e. The maximum absolute atomic E-state index is 13.9. The zero-order valence-corrected chi connectivity index (χ0v) is 34.2. The predicted octanol–water partition coefficient (Wildman–Crippen LogP) is 8.47. The van der Waals surface area contributed by atoms with Gasteiger partial charge in [-0.15, -0.1) is 23.1 Å². The second-order valence-corrected chi connectivity index (χ2v) is 16.1. The highest BCUT2D eigenvalue weighted by molar-refractivity contribution is 8.00. The molecule has 294 valence electrons. The number of hydrogen-bond donors (Lipinski definition) is 3. The Labute approximate surface area is 342 Å². The van der Waals surface area contributed by atoms with Crippen molar-refractivity contribution in [3.05, 3.63) is 148 Å². The molecule has 57 heavy (non-hydrogen) atoms. The molecule has 0 spiro atoms. The Morgan fingerprint density at radius 3 is 2.30 bits per heavy atom. The number of thiophene rings is 1. The minimum atomic E-state index is -0.501. The second kappa shape index (κ2) is 19.4. The van der Waals surface area contributed by atoms with Gasteiger partial charge in [0, 0.05) is 60.4 Å². The van der Waals surface area contributed by atoms with Crippen molar-refractivity contribution < 1.29 is 23.9 Å². The molecule has 10 nitrogen and oxygen atoms in total. The number of thioether (sulfide) groups is 1. The van der Waals surface area contributed by atoms with Gasteiger partial charge in [0.25, 0.3) is 11.8 Å². The number of rotatable bonds is 15. The molecule has 0 bridgehead atoms. The molecule has 3 N–H and O–H groups in total. The van der Waals surface area contributed by atoms with Crippen molar-refractivity contribution in [2.45, 2.75) is 49.9 Å². The molecule has 2 heterocycles. The lowest BCUT2D eigenvalue weighted by Crippen LogP contribution is -2.30. The molecule has 1 aliphatic heterocycles. The lowest BCUT2D eigenvalue weighted by molar-refractivity contribution is -0.116. The normalized spacial score (nSPS) is 13.2. The van der Waals surface area contributed by atoms with Crippen LogP contribution in [0.25, 0.3) is 6.08 Å². The molecule has 0 saturated heterocycles. The number of carbonyl (C=O) groups is 4. The van der Waals surface area contributed by atoms with Gasteiger partial charge in [0.15, 0.2) is 0 Å². The topological polar surface area (TPSA) is 120 Å². The number of anilines is 3. The van der Waals surface area contributed by atoms with Crippen molar-refractivity contribution in [2.75, 3.05) is 42.8 Å². The first-order valence-electron chi connectivity index (χ1n) is 18.9. The summed E-state index contributed by atoms with van der Waals surface area (Å²) in [5.74, 6) is -1.56. The van der Waals surface area contributed by atoms with E-state index in [9.17, 15) is 19.2 Å². The molecular formula is C45H47N5O5S2. The summed E-state index contributed by atoms with van der Waals surface area (Å²) < 4.78 is 5.47. The highest BCUT2D eigenvalue weighted by Gasteiger charge is 2.31. The fourth-order valence-corrected chi connectivity index (χ4v) is 8.74. The van der Waals surface area contributed by atoms with Gasteiger partial charge in [-0.25, -0.2) is 4.79 Å². The highest BCUT2D eigenvalue weighted by atomic mass is 32.2. The third-order valence-corrected chi connectivity index (χ3v) is 11.9. The average Bonchev–Trinajstić information content (AvgIpc) is 3.57. The van der Waals surface area contributed by atoms with Crippen molar-refractivity contribution in [1.29, 1.82) is 0 Å². The van der Waals surface area contributed by atoms with Crippen molar-refractivity contribution in [3.63, 3.8) is 0 Å². The molecule has 0 radical (unpaired) electrons. The summed E-state index contributed by atoms with van der Waals surface area (Å²) in [6, 6.07) is 33.9. The first-order chi connectivity index (χ1) is 27.6. The van der Waals surface area contributed by atoms with E-state index >= 15 is 0 Å². The number of amides is 3. The minimum Gasteiger partial charge on any atom is -0.462 e. The Hall–Kier alpha value is -5.69. The molecular weight excluding hydrogens is 755 g/mol. The summed E-state index contributed by atoms with van der Waals surface area (Å²) in [5, 5.41) is 8.83. The predicted molar refractivity (Wildman–Crippen MR) is 231 cm³/mol. The lowest BCUT2D eigenvalue weighted by Gasteiger charge is -2.27. The van der Waals surface area contributed by atoms with Gasteiger partial charge in [0.2, 0.25) is 5.91 Å². The summed E-state index contributed by atoms with van der Waals surface area (Å²) in [6.07, 6.45) is 2.84. The van der Waals surface area contributed by atoms with Crippen LogP contribution >= 0.6 is 23.1 Å². The molecule has 1 aromatic heterocycles.